The van der Waals surface area contributed by atoms with Crippen LogP contribution in [0.3, 0.4) is 0 Å². The molecule has 1 rings (SSSR count). The molecule has 0 fully saturated rings. The number of carbonyl (C=O) groups is 1. The number of nitriles is 2. The Labute approximate surface area is 89.0 Å². The van der Waals surface area contributed by atoms with Crippen molar-refractivity contribution in [3.63, 3.8) is 0 Å². The Balaban J connectivity index is 3.37. The zero-order valence-electron chi connectivity index (χ0n) is 9.03. The Bertz CT molecular complexity index is 422. The summed E-state index contributed by atoms with van der Waals surface area (Å²) in [7, 11) is 0. The highest BCUT2D eigenvalue weighted by molar-refractivity contribution is 5.91. The number of primary amides is 1. The van der Waals surface area contributed by atoms with Crippen LogP contribution >= 0.6 is 0 Å². The largest absolute Gasteiger partial charge is 0.368 e. The summed E-state index contributed by atoms with van der Waals surface area (Å²) in [5.74, 6) is -0.958. The third-order valence-electron chi connectivity index (χ3n) is 3.13. The van der Waals surface area contributed by atoms with Crippen molar-refractivity contribution in [1.29, 1.82) is 10.5 Å². The number of nitrogens with two attached hydrogens (primary N) is 1. The van der Waals surface area contributed by atoms with Crippen molar-refractivity contribution in [1.82, 2.24) is 0 Å². The van der Waals surface area contributed by atoms with Gasteiger partial charge < -0.3 is 5.73 Å². The zero-order chi connectivity index (χ0) is 11.8. The molecule has 2 N–H and O–H groups in total. The van der Waals surface area contributed by atoms with Gasteiger partial charge in [0.1, 0.15) is 0 Å². The Morgan fingerprint density at radius 1 is 1.53 bits per heavy atom. The monoisotopic (exact) mass is 203 g/mol. The van der Waals surface area contributed by atoms with E-state index in [4.69, 9.17) is 16.3 Å². The van der Waals surface area contributed by atoms with Crippen molar-refractivity contribution in [2.24, 2.45) is 23.0 Å². The number of rotatable bonds is 2. The van der Waals surface area contributed by atoms with Crippen LogP contribution in [0.4, 0.5) is 0 Å². The minimum atomic E-state index is -1.26. The smallest absolute Gasteiger partial charge is 0.242 e. The summed E-state index contributed by atoms with van der Waals surface area (Å²) in [5, 5.41) is 18.0. The van der Waals surface area contributed by atoms with Crippen LogP contribution in [-0.4, -0.2) is 5.91 Å². The molecule has 1 amide bonds. The van der Waals surface area contributed by atoms with Gasteiger partial charge >= 0.3 is 0 Å². The molecule has 0 saturated heterocycles. The van der Waals surface area contributed by atoms with Crippen molar-refractivity contribution in [3.8, 4) is 12.1 Å². The molecule has 0 heterocycles. The first-order chi connectivity index (χ1) is 6.93. The van der Waals surface area contributed by atoms with Crippen molar-refractivity contribution in [2.75, 3.05) is 0 Å². The molecule has 1 aliphatic rings. The summed E-state index contributed by atoms with van der Waals surface area (Å²) in [5.41, 5.74) is 5.05. The van der Waals surface area contributed by atoms with E-state index in [2.05, 4.69) is 0 Å². The Hall–Kier alpha value is -1.81. The fourth-order valence-electron chi connectivity index (χ4n) is 2.35. The van der Waals surface area contributed by atoms with E-state index in [1.165, 1.54) is 0 Å². The summed E-state index contributed by atoms with van der Waals surface area (Å²) in [6.07, 6.45) is 0. The van der Waals surface area contributed by atoms with E-state index >= 15 is 0 Å². The Morgan fingerprint density at radius 3 is 2.33 bits per heavy atom. The lowest BCUT2D eigenvalue weighted by molar-refractivity contribution is -0.126. The van der Waals surface area contributed by atoms with Crippen molar-refractivity contribution < 1.29 is 4.79 Å². The number of nitrogens with zero attached hydrogens (tertiary/aromatic N) is 2. The fraction of sp³-hybridized carbons (Fsp3) is 0.545. The summed E-state index contributed by atoms with van der Waals surface area (Å²) >= 11 is 0. The molecule has 0 aromatic carbocycles. The molecule has 0 spiro atoms. The van der Waals surface area contributed by atoms with E-state index in [0.29, 0.717) is 11.1 Å². The first-order valence-electron chi connectivity index (χ1n) is 4.76. The highest BCUT2D eigenvalue weighted by atomic mass is 16.1. The van der Waals surface area contributed by atoms with Crippen LogP contribution in [0.1, 0.15) is 20.8 Å². The summed E-state index contributed by atoms with van der Waals surface area (Å²) in [6, 6.07) is 4.02. The molecule has 2 atom stereocenters. The van der Waals surface area contributed by atoms with Crippen LogP contribution in [0.15, 0.2) is 11.1 Å². The maximum atomic E-state index is 11.4. The van der Waals surface area contributed by atoms with Gasteiger partial charge in [0.25, 0.3) is 0 Å². The average molecular weight is 203 g/mol. The molecule has 0 bridgehead atoms. The fourth-order valence-corrected chi connectivity index (χ4v) is 2.35. The molecule has 0 aromatic heterocycles. The lowest BCUT2D eigenvalue weighted by atomic mass is 9.53. The van der Waals surface area contributed by atoms with E-state index in [-0.39, 0.29) is 11.8 Å². The summed E-state index contributed by atoms with van der Waals surface area (Å²) < 4.78 is 0. The number of carbonyl (C=O) groups excluding carboxylic acids is 1. The first-order valence-corrected chi connectivity index (χ1v) is 4.76. The van der Waals surface area contributed by atoms with E-state index in [1.54, 1.807) is 6.92 Å². The molecule has 1 aliphatic carbocycles. The molecule has 0 aliphatic heterocycles. The number of hydrogen-bond acceptors (Lipinski definition) is 3. The molecule has 78 valence electrons. The molecule has 15 heavy (non-hydrogen) atoms. The molecular formula is C11H13N3O. The minimum absolute atomic E-state index is 0.0514. The molecule has 0 saturated carbocycles. The van der Waals surface area contributed by atoms with Crippen LogP contribution < -0.4 is 5.73 Å². The highest BCUT2D eigenvalue weighted by Gasteiger charge is 2.58. The molecule has 0 radical (unpaired) electrons. The third-order valence-corrected chi connectivity index (χ3v) is 3.13. The number of amides is 1. The maximum absolute atomic E-state index is 11.4. The van der Waals surface area contributed by atoms with Crippen LogP contribution in [-0.2, 0) is 4.79 Å². The van der Waals surface area contributed by atoms with Crippen LogP contribution in [0.2, 0.25) is 0 Å². The van der Waals surface area contributed by atoms with E-state index < -0.39 is 11.3 Å². The summed E-state index contributed by atoms with van der Waals surface area (Å²) in [4.78, 5) is 11.4. The Kier molecular flexibility index (Phi) is 2.55. The normalized spacial score (nSPS) is 29.3. The van der Waals surface area contributed by atoms with Gasteiger partial charge in [-0.15, -0.1) is 0 Å². The van der Waals surface area contributed by atoms with Crippen molar-refractivity contribution >= 4 is 5.91 Å². The first kappa shape index (κ1) is 11.3. The van der Waals surface area contributed by atoms with Gasteiger partial charge in [-0.05, 0) is 18.4 Å². The second-order valence-corrected chi connectivity index (χ2v) is 4.16. The van der Waals surface area contributed by atoms with Gasteiger partial charge in [-0.1, -0.05) is 13.8 Å². The highest BCUT2D eigenvalue weighted by Crippen LogP contribution is 2.53. The van der Waals surface area contributed by atoms with Crippen LogP contribution in [0, 0.1) is 39.9 Å². The van der Waals surface area contributed by atoms with Crippen molar-refractivity contribution in [3.05, 3.63) is 11.1 Å². The lowest BCUT2D eigenvalue weighted by Gasteiger charge is -2.44. The van der Waals surface area contributed by atoms with Gasteiger partial charge in [-0.25, -0.2) is 0 Å². The quantitative estimate of drug-likeness (QED) is 0.728. The van der Waals surface area contributed by atoms with Gasteiger partial charge in [-0.2, -0.15) is 10.5 Å². The molecule has 2 unspecified atom stereocenters. The second-order valence-electron chi connectivity index (χ2n) is 4.16. The maximum Gasteiger partial charge on any atom is 0.242 e. The molecule has 4 heteroatoms. The Morgan fingerprint density at radius 2 is 2.07 bits per heavy atom. The van der Waals surface area contributed by atoms with Crippen molar-refractivity contribution in [2.45, 2.75) is 20.8 Å². The SMILES string of the molecule is CC1=C(C#N)C(C(C)C)C1(C#N)C(N)=O. The van der Waals surface area contributed by atoms with Gasteiger partial charge in [0.2, 0.25) is 5.91 Å². The average Bonchev–Trinajstić information content (AvgIpc) is 2.14. The topological polar surface area (TPSA) is 90.7 Å². The van der Waals surface area contributed by atoms with E-state index in [1.807, 2.05) is 26.0 Å². The van der Waals surface area contributed by atoms with E-state index in [0.717, 1.165) is 0 Å². The predicted octanol–water partition coefficient (Wildman–Crippen LogP) is 1.11. The number of allylic oxidation sites excluding steroid dienone is 1. The third kappa shape index (κ3) is 1.15. The molecule has 4 nitrogen and oxygen atoms in total. The predicted molar refractivity (Wildman–Crippen MR) is 53.9 cm³/mol. The number of hydrogen-bond donors (Lipinski definition) is 1. The molecular weight excluding hydrogens is 190 g/mol. The summed E-state index contributed by atoms with van der Waals surface area (Å²) in [6.45, 7) is 5.39. The zero-order valence-corrected chi connectivity index (χ0v) is 9.03. The van der Waals surface area contributed by atoms with Gasteiger partial charge in [0, 0.05) is 11.5 Å². The van der Waals surface area contributed by atoms with Gasteiger partial charge in [-0.3, -0.25) is 4.79 Å². The lowest BCUT2D eigenvalue weighted by Crippen LogP contribution is -2.52. The standard InChI is InChI=1S/C11H13N3O/c1-6(2)9-8(4-12)7(3)11(9,5-13)10(14)15/h6,9H,1-3H3,(H2,14,15). The second kappa shape index (κ2) is 3.40. The molecule has 0 aromatic rings. The van der Waals surface area contributed by atoms with Crippen LogP contribution in [0.25, 0.3) is 0 Å². The van der Waals surface area contributed by atoms with E-state index in [9.17, 15) is 4.79 Å². The minimum Gasteiger partial charge on any atom is -0.368 e. The van der Waals surface area contributed by atoms with Gasteiger partial charge in [0.15, 0.2) is 5.41 Å². The van der Waals surface area contributed by atoms with Gasteiger partial charge in [0.05, 0.1) is 12.1 Å². The van der Waals surface area contributed by atoms with Crippen LogP contribution in [0.5, 0.6) is 0 Å².